The molecule has 6 rings (SSSR count). The Morgan fingerprint density at radius 3 is 2.18 bits per heavy atom. The van der Waals surface area contributed by atoms with Crippen molar-refractivity contribution in [1.29, 1.82) is 5.41 Å². The molecule has 1 N–H and O–H groups in total. The zero-order valence-electron chi connectivity index (χ0n) is 18.3. The van der Waals surface area contributed by atoms with Gasteiger partial charge in [0.2, 0.25) is 0 Å². The molecule has 0 fully saturated rings. The highest BCUT2D eigenvalue weighted by Crippen LogP contribution is 2.35. The molecular weight excluding hydrogens is 400 g/mol. The Morgan fingerprint density at radius 1 is 0.667 bits per heavy atom. The summed E-state index contributed by atoms with van der Waals surface area (Å²) >= 11 is 0. The number of nitrogens with zero attached hydrogens (tertiary/aromatic N) is 1. The van der Waals surface area contributed by atoms with Crippen LogP contribution in [0, 0.1) is 5.41 Å². The average Bonchev–Trinajstić information content (AvgIpc) is 3.07. The third-order valence-electron chi connectivity index (χ3n) is 6.61. The van der Waals surface area contributed by atoms with Crippen molar-refractivity contribution >= 4 is 33.1 Å². The molecule has 2 heteroatoms. The van der Waals surface area contributed by atoms with Gasteiger partial charge < -0.3 is 9.98 Å². The third kappa shape index (κ3) is 3.41. The largest absolute Gasteiger partial charge is 0.309 e. The molecule has 1 atom stereocenters. The van der Waals surface area contributed by atoms with Crippen LogP contribution in [0.5, 0.6) is 0 Å². The van der Waals surface area contributed by atoms with Gasteiger partial charge in [0, 0.05) is 28.1 Å². The zero-order chi connectivity index (χ0) is 22.2. The Balaban J connectivity index is 1.47. The Morgan fingerprint density at radius 2 is 1.36 bits per heavy atom. The van der Waals surface area contributed by atoms with Gasteiger partial charge in [-0.3, -0.25) is 0 Å². The number of nitrogens with one attached hydrogen (secondary N) is 1. The minimum atomic E-state index is 0.101. The lowest BCUT2D eigenvalue weighted by molar-refractivity contribution is 0.909. The van der Waals surface area contributed by atoms with Crippen LogP contribution in [0.3, 0.4) is 0 Å². The molecule has 0 saturated carbocycles. The first-order valence-electron chi connectivity index (χ1n) is 11.4. The van der Waals surface area contributed by atoms with E-state index in [4.69, 9.17) is 5.41 Å². The van der Waals surface area contributed by atoms with Crippen LogP contribution in [0.15, 0.2) is 121 Å². The maximum absolute atomic E-state index is 8.59. The van der Waals surface area contributed by atoms with Crippen LogP contribution < -0.4 is 0 Å². The van der Waals surface area contributed by atoms with E-state index < -0.39 is 0 Å². The molecule has 0 saturated heterocycles. The Hall–Kier alpha value is -4.17. The van der Waals surface area contributed by atoms with Crippen LogP contribution in [-0.4, -0.2) is 10.3 Å². The van der Waals surface area contributed by atoms with E-state index in [1.807, 2.05) is 12.1 Å². The molecule has 0 amide bonds. The average molecular weight is 425 g/mol. The number of benzene rings is 4. The molecule has 0 radical (unpaired) electrons. The van der Waals surface area contributed by atoms with E-state index in [2.05, 4.69) is 114 Å². The summed E-state index contributed by atoms with van der Waals surface area (Å²) in [6, 6.07) is 36.3. The Labute approximate surface area is 193 Å². The summed E-state index contributed by atoms with van der Waals surface area (Å²) in [4.78, 5) is 0. The lowest BCUT2D eigenvalue weighted by Crippen LogP contribution is -2.07. The van der Waals surface area contributed by atoms with Gasteiger partial charge in [-0.05, 0) is 59.5 Å². The quantitative estimate of drug-likeness (QED) is 0.305. The van der Waals surface area contributed by atoms with Gasteiger partial charge in [0.15, 0.2) is 0 Å². The number of rotatable bonds is 3. The van der Waals surface area contributed by atoms with Crippen LogP contribution >= 0.6 is 0 Å². The summed E-state index contributed by atoms with van der Waals surface area (Å²) in [6.45, 7) is 0. The number of para-hydroxylation sites is 2. The van der Waals surface area contributed by atoms with Gasteiger partial charge in [0.05, 0.1) is 11.0 Å². The van der Waals surface area contributed by atoms with Gasteiger partial charge in [-0.1, -0.05) is 84.9 Å². The van der Waals surface area contributed by atoms with Crippen molar-refractivity contribution in [2.24, 2.45) is 0 Å². The maximum Gasteiger partial charge on any atom is 0.0541 e. The minimum absolute atomic E-state index is 0.101. The van der Waals surface area contributed by atoms with Crippen molar-refractivity contribution in [1.82, 2.24) is 4.57 Å². The van der Waals surface area contributed by atoms with Gasteiger partial charge in [0.25, 0.3) is 0 Å². The third-order valence-corrected chi connectivity index (χ3v) is 6.61. The van der Waals surface area contributed by atoms with Crippen molar-refractivity contribution in [3.63, 3.8) is 0 Å². The number of hydrogen-bond acceptors (Lipinski definition) is 1. The van der Waals surface area contributed by atoms with Crippen LogP contribution in [0.25, 0.3) is 33.1 Å². The minimum Gasteiger partial charge on any atom is -0.309 e. The summed E-state index contributed by atoms with van der Waals surface area (Å²) in [5.41, 5.74) is 7.82. The maximum atomic E-state index is 8.59. The van der Waals surface area contributed by atoms with Crippen LogP contribution in [0.2, 0.25) is 0 Å². The van der Waals surface area contributed by atoms with Gasteiger partial charge in [-0.15, -0.1) is 0 Å². The van der Waals surface area contributed by atoms with E-state index in [1.54, 1.807) is 0 Å². The molecular formula is C31H24N2. The van der Waals surface area contributed by atoms with E-state index in [9.17, 15) is 0 Å². The fourth-order valence-corrected chi connectivity index (χ4v) is 4.96. The summed E-state index contributed by atoms with van der Waals surface area (Å²) in [5.74, 6) is 0.101. The van der Waals surface area contributed by atoms with Gasteiger partial charge in [-0.25, -0.2) is 0 Å². The Bertz CT molecular complexity index is 1540. The van der Waals surface area contributed by atoms with Crippen molar-refractivity contribution in [2.75, 3.05) is 0 Å². The molecule has 5 aromatic rings. The normalized spacial score (nSPS) is 16.2. The molecule has 4 aromatic carbocycles. The topological polar surface area (TPSA) is 28.8 Å². The Kier molecular flexibility index (Phi) is 4.77. The van der Waals surface area contributed by atoms with Crippen LogP contribution in [0.4, 0.5) is 0 Å². The predicted molar refractivity (Wildman–Crippen MR) is 139 cm³/mol. The number of fused-ring (bicyclic) bond motifs is 3. The molecule has 0 bridgehead atoms. The molecule has 2 nitrogen and oxygen atoms in total. The second-order valence-corrected chi connectivity index (χ2v) is 8.57. The molecule has 1 heterocycles. The fourth-order valence-electron chi connectivity index (χ4n) is 4.96. The first-order chi connectivity index (χ1) is 16.3. The summed E-state index contributed by atoms with van der Waals surface area (Å²) in [5, 5.41) is 11.1. The van der Waals surface area contributed by atoms with Crippen LogP contribution in [-0.2, 0) is 0 Å². The fraction of sp³-hybridized carbons (Fsp3) is 0.0645. The lowest BCUT2D eigenvalue weighted by atomic mass is 9.91. The first-order valence-corrected chi connectivity index (χ1v) is 11.4. The number of aromatic nitrogens is 1. The molecule has 0 spiro atoms. The highest BCUT2D eigenvalue weighted by Gasteiger charge is 2.18. The number of allylic oxidation sites excluding steroid dienone is 4. The highest BCUT2D eigenvalue weighted by molar-refractivity contribution is 6.10. The van der Waals surface area contributed by atoms with Gasteiger partial charge in [-0.2, -0.15) is 0 Å². The molecule has 33 heavy (non-hydrogen) atoms. The molecule has 1 aromatic heterocycles. The summed E-state index contributed by atoms with van der Waals surface area (Å²) in [6.07, 6.45) is 7.18. The van der Waals surface area contributed by atoms with Gasteiger partial charge >= 0.3 is 0 Å². The van der Waals surface area contributed by atoms with Crippen molar-refractivity contribution in [3.8, 4) is 5.69 Å². The monoisotopic (exact) mass is 424 g/mol. The number of hydrogen-bond donors (Lipinski definition) is 1. The molecule has 158 valence electrons. The second kappa shape index (κ2) is 8.07. The highest BCUT2D eigenvalue weighted by atomic mass is 15.0. The summed E-state index contributed by atoms with van der Waals surface area (Å²) in [7, 11) is 0. The van der Waals surface area contributed by atoms with E-state index >= 15 is 0 Å². The standard InChI is InChI=1S/C31H24N2/c32-29-19-16-22(15-18-26(29)23-9-3-1-4-10-23)24-17-20-31-28(21-24)27-13-7-8-14-30(27)33(31)25-11-5-2-6-12-25/h1-17,19-21,26,32H,18H2. The predicted octanol–water partition coefficient (Wildman–Crippen LogP) is 7.93. The van der Waals surface area contributed by atoms with E-state index in [1.165, 1.54) is 44.2 Å². The second-order valence-electron chi connectivity index (χ2n) is 8.57. The molecule has 1 aliphatic carbocycles. The zero-order valence-corrected chi connectivity index (χ0v) is 18.3. The van der Waals surface area contributed by atoms with Crippen molar-refractivity contribution in [2.45, 2.75) is 12.3 Å². The van der Waals surface area contributed by atoms with E-state index in [0.29, 0.717) is 5.71 Å². The van der Waals surface area contributed by atoms with Gasteiger partial charge in [0.1, 0.15) is 0 Å². The van der Waals surface area contributed by atoms with E-state index in [-0.39, 0.29) is 5.92 Å². The SMILES string of the molecule is N=C1C=CC(c2ccc3c(c2)c2ccccc2n3-c2ccccc2)=CCC1c1ccccc1. The molecule has 1 aliphatic rings. The molecule has 0 aliphatic heterocycles. The lowest BCUT2D eigenvalue weighted by Gasteiger charge is -2.13. The van der Waals surface area contributed by atoms with Crippen molar-refractivity contribution in [3.05, 3.63) is 132 Å². The molecule has 1 unspecified atom stereocenters. The van der Waals surface area contributed by atoms with E-state index in [0.717, 1.165) is 6.42 Å². The van der Waals surface area contributed by atoms with Crippen molar-refractivity contribution < 1.29 is 0 Å². The first kappa shape index (κ1) is 19.5. The smallest absolute Gasteiger partial charge is 0.0541 e. The van der Waals surface area contributed by atoms with Crippen LogP contribution in [0.1, 0.15) is 23.5 Å². The summed E-state index contributed by atoms with van der Waals surface area (Å²) < 4.78 is 2.34.